The molecule has 0 aliphatic heterocycles. The molecule has 1 unspecified atom stereocenters. The fourth-order valence-corrected chi connectivity index (χ4v) is 2.67. The van der Waals surface area contributed by atoms with Crippen LogP contribution in [0.25, 0.3) is 6.08 Å². The average molecular weight is 369 g/mol. The Morgan fingerprint density at radius 1 is 1.07 bits per heavy atom. The van der Waals surface area contributed by atoms with Gasteiger partial charge in [0.15, 0.2) is 6.61 Å². The first-order chi connectivity index (χ1) is 13.8. The number of nitriles is 1. The minimum atomic E-state index is -0.332. The first kappa shape index (κ1) is 18.9. The first-order valence-corrected chi connectivity index (χ1v) is 8.80. The summed E-state index contributed by atoms with van der Waals surface area (Å²) in [6, 6.07) is 24.1. The molecule has 0 bridgehead atoms. The number of hydrogen-bond acceptors (Lipinski definition) is 4. The summed E-state index contributed by atoms with van der Waals surface area (Å²) in [5, 5.41) is 11.5. The molecule has 0 saturated carbocycles. The number of carbonyl (C=O) groups is 1. The molecule has 138 valence electrons. The van der Waals surface area contributed by atoms with Gasteiger partial charge in [0.2, 0.25) is 5.91 Å². The Labute approximate surface area is 163 Å². The second-order valence-corrected chi connectivity index (χ2v) is 5.96. The Balaban J connectivity index is 1.70. The Kier molecular flexibility index (Phi) is 6.53. The molecule has 1 atom stereocenters. The Morgan fingerprint density at radius 2 is 1.82 bits per heavy atom. The first-order valence-electron chi connectivity index (χ1n) is 8.80. The van der Waals surface area contributed by atoms with Crippen molar-refractivity contribution in [2.45, 2.75) is 6.04 Å². The van der Waals surface area contributed by atoms with Gasteiger partial charge in [0.05, 0.1) is 11.7 Å². The van der Waals surface area contributed by atoms with E-state index in [0.29, 0.717) is 5.75 Å². The van der Waals surface area contributed by atoms with Gasteiger partial charge in [-0.1, -0.05) is 48.5 Å². The van der Waals surface area contributed by atoms with E-state index in [2.05, 4.69) is 10.3 Å². The van der Waals surface area contributed by atoms with E-state index in [1.54, 1.807) is 24.4 Å². The van der Waals surface area contributed by atoms with E-state index in [-0.39, 0.29) is 18.6 Å². The van der Waals surface area contributed by atoms with Gasteiger partial charge in [0.25, 0.3) is 0 Å². The third-order valence-corrected chi connectivity index (χ3v) is 4.01. The lowest BCUT2D eigenvalue weighted by Gasteiger charge is -2.17. The molecule has 0 fully saturated rings. The highest BCUT2D eigenvalue weighted by molar-refractivity contribution is 5.92. The van der Waals surface area contributed by atoms with Crippen LogP contribution in [0.15, 0.2) is 85.1 Å². The molecule has 0 spiro atoms. The average Bonchev–Trinajstić information content (AvgIpc) is 2.76. The molecular formula is C23H19N3O2. The zero-order chi connectivity index (χ0) is 19.6. The van der Waals surface area contributed by atoms with Crippen LogP contribution in [-0.2, 0) is 4.79 Å². The van der Waals surface area contributed by atoms with Crippen LogP contribution in [0.1, 0.15) is 22.9 Å². The van der Waals surface area contributed by atoms with Crippen LogP contribution < -0.4 is 10.1 Å². The van der Waals surface area contributed by atoms with Crippen molar-refractivity contribution in [1.82, 2.24) is 10.3 Å². The van der Waals surface area contributed by atoms with E-state index in [1.807, 2.05) is 66.7 Å². The van der Waals surface area contributed by atoms with Crippen LogP contribution in [0.2, 0.25) is 0 Å². The van der Waals surface area contributed by atoms with Crippen molar-refractivity contribution < 1.29 is 9.53 Å². The highest BCUT2D eigenvalue weighted by atomic mass is 16.5. The van der Waals surface area contributed by atoms with E-state index in [1.165, 1.54) is 6.08 Å². The molecule has 5 heteroatoms. The molecule has 0 aliphatic rings. The summed E-state index contributed by atoms with van der Waals surface area (Å²) in [5.74, 6) is 0.395. The topological polar surface area (TPSA) is 75.0 Å². The highest BCUT2D eigenvalue weighted by Crippen LogP contribution is 2.20. The third-order valence-electron chi connectivity index (χ3n) is 4.01. The summed E-state index contributed by atoms with van der Waals surface area (Å²) in [6.45, 7) is 0.00594. The van der Waals surface area contributed by atoms with Crippen molar-refractivity contribution in [2.24, 2.45) is 0 Å². The van der Waals surface area contributed by atoms with Gasteiger partial charge in [-0.3, -0.25) is 9.78 Å². The number of rotatable bonds is 7. The third kappa shape index (κ3) is 5.29. The summed E-state index contributed by atoms with van der Waals surface area (Å²) < 4.78 is 5.21. The van der Waals surface area contributed by atoms with Crippen LogP contribution in [0, 0.1) is 11.3 Å². The number of carbonyl (C=O) groups excluding carboxylic acids is 1. The van der Waals surface area contributed by atoms with Crippen molar-refractivity contribution in [3.8, 4) is 11.8 Å². The fraction of sp³-hybridized carbons (Fsp3) is 0.0870. The van der Waals surface area contributed by atoms with Crippen LogP contribution in [0.5, 0.6) is 5.75 Å². The van der Waals surface area contributed by atoms with Gasteiger partial charge in [0, 0.05) is 12.3 Å². The predicted octanol–water partition coefficient (Wildman–Crippen LogP) is 3.90. The Hall–Kier alpha value is -3.91. The molecule has 2 aromatic carbocycles. The van der Waals surface area contributed by atoms with Crippen molar-refractivity contribution in [3.63, 3.8) is 0 Å². The van der Waals surface area contributed by atoms with E-state index >= 15 is 0 Å². The van der Waals surface area contributed by atoms with E-state index in [9.17, 15) is 4.79 Å². The van der Waals surface area contributed by atoms with Crippen LogP contribution in [0.3, 0.4) is 0 Å². The molecule has 28 heavy (non-hydrogen) atoms. The lowest BCUT2D eigenvalue weighted by atomic mass is 10.0. The lowest BCUT2D eigenvalue weighted by molar-refractivity contribution is -0.116. The van der Waals surface area contributed by atoms with Gasteiger partial charge in [-0.15, -0.1) is 0 Å². The molecular weight excluding hydrogens is 350 g/mol. The van der Waals surface area contributed by atoms with Gasteiger partial charge < -0.3 is 10.1 Å². The summed E-state index contributed by atoms with van der Waals surface area (Å²) in [7, 11) is 0. The zero-order valence-corrected chi connectivity index (χ0v) is 15.2. The largest absolute Gasteiger partial charge is 0.479 e. The van der Waals surface area contributed by atoms with Crippen LogP contribution in [-0.4, -0.2) is 17.5 Å². The fourth-order valence-electron chi connectivity index (χ4n) is 2.67. The molecule has 1 heterocycles. The molecule has 0 saturated heterocycles. The molecule has 3 rings (SSSR count). The second-order valence-electron chi connectivity index (χ2n) is 5.96. The smallest absolute Gasteiger partial charge is 0.244 e. The van der Waals surface area contributed by atoms with Gasteiger partial charge in [-0.2, -0.15) is 5.26 Å². The Morgan fingerprint density at radius 3 is 2.50 bits per heavy atom. The summed E-state index contributed by atoms with van der Waals surface area (Å²) in [5.41, 5.74) is 2.59. The van der Waals surface area contributed by atoms with Crippen molar-refractivity contribution in [3.05, 3.63) is 102 Å². The van der Waals surface area contributed by atoms with Gasteiger partial charge >= 0.3 is 0 Å². The van der Waals surface area contributed by atoms with E-state index < -0.39 is 0 Å². The number of hydrogen-bond donors (Lipinski definition) is 1. The van der Waals surface area contributed by atoms with Crippen molar-refractivity contribution in [2.75, 3.05) is 6.61 Å². The number of ether oxygens (including phenoxy) is 1. The van der Waals surface area contributed by atoms with E-state index in [0.717, 1.165) is 16.8 Å². The number of nitrogens with zero attached hydrogens (tertiary/aromatic N) is 2. The number of amides is 1. The molecule has 3 aromatic rings. The minimum absolute atomic E-state index is 0.00594. The SMILES string of the molecule is N#CCOc1ccc(/C=C/C(=O)NC(c2ccccc2)c2ccccn2)cc1. The van der Waals surface area contributed by atoms with Gasteiger partial charge in [-0.05, 0) is 41.5 Å². The highest BCUT2D eigenvalue weighted by Gasteiger charge is 2.16. The molecule has 0 radical (unpaired) electrons. The van der Waals surface area contributed by atoms with E-state index in [4.69, 9.17) is 10.00 Å². The molecule has 1 aromatic heterocycles. The van der Waals surface area contributed by atoms with Crippen LogP contribution in [0.4, 0.5) is 0 Å². The second kappa shape index (κ2) is 9.70. The molecule has 1 amide bonds. The van der Waals surface area contributed by atoms with Gasteiger partial charge in [0.1, 0.15) is 11.8 Å². The van der Waals surface area contributed by atoms with Crippen LogP contribution >= 0.6 is 0 Å². The number of benzene rings is 2. The molecule has 0 aliphatic carbocycles. The monoisotopic (exact) mass is 369 g/mol. The predicted molar refractivity (Wildman–Crippen MR) is 107 cm³/mol. The maximum atomic E-state index is 12.5. The lowest BCUT2D eigenvalue weighted by Crippen LogP contribution is -2.28. The number of pyridine rings is 1. The van der Waals surface area contributed by atoms with Crippen molar-refractivity contribution in [1.29, 1.82) is 5.26 Å². The summed E-state index contributed by atoms with van der Waals surface area (Å²) >= 11 is 0. The number of nitrogens with one attached hydrogen (secondary N) is 1. The molecule has 1 N–H and O–H groups in total. The Bertz CT molecular complexity index is 923. The maximum Gasteiger partial charge on any atom is 0.244 e. The summed E-state index contributed by atoms with van der Waals surface area (Å²) in [4.78, 5) is 16.9. The number of aromatic nitrogens is 1. The summed E-state index contributed by atoms with van der Waals surface area (Å²) in [6.07, 6.45) is 4.93. The zero-order valence-electron chi connectivity index (χ0n) is 15.2. The quantitative estimate of drug-likeness (QED) is 0.641. The minimum Gasteiger partial charge on any atom is -0.479 e. The normalized spacial score (nSPS) is 11.5. The maximum absolute atomic E-state index is 12.5. The van der Waals surface area contributed by atoms with Crippen molar-refractivity contribution >= 4 is 12.0 Å². The standard InChI is InChI=1S/C23H19N3O2/c24-15-17-28-20-12-9-18(10-13-20)11-14-22(27)26-23(19-6-2-1-3-7-19)21-8-4-5-16-25-21/h1-14,16,23H,17H2,(H,26,27)/b14-11+. The molecule has 5 nitrogen and oxygen atoms in total. The van der Waals surface area contributed by atoms with Gasteiger partial charge in [-0.25, -0.2) is 0 Å².